The molecular weight excluding hydrogens is 332 g/mol. The summed E-state index contributed by atoms with van der Waals surface area (Å²) in [4.78, 5) is 16.2. The first-order valence-corrected chi connectivity index (χ1v) is 9.15. The van der Waals surface area contributed by atoms with Gasteiger partial charge in [0.15, 0.2) is 0 Å². The highest BCUT2D eigenvalue weighted by atomic mass is 16.5. The Morgan fingerprint density at radius 1 is 1.31 bits per heavy atom. The number of ether oxygens (including phenoxy) is 2. The summed E-state index contributed by atoms with van der Waals surface area (Å²) in [6, 6.07) is 5.57. The van der Waals surface area contributed by atoms with E-state index in [2.05, 4.69) is 4.98 Å². The van der Waals surface area contributed by atoms with Crippen molar-refractivity contribution in [3.8, 4) is 5.75 Å². The van der Waals surface area contributed by atoms with Crippen LogP contribution in [0.2, 0.25) is 0 Å². The number of fused-ring (bicyclic) bond motifs is 1. The van der Waals surface area contributed by atoms with Crippen LogP contribution in [0.1, 0.15) is 48.7 Å². The number of carbonyl (C=O) groups is 1. The van der Waals surface area contributed by atoms with Gasteiger partial charge >= 0.3 is 5.97 Å². The fourth-order valence-electron chi connectivity index (χ4n) is 3.79. The van der Waals surface area contributed by atoms with Crippen LogP contribution in [0.4, 0.5) is 5.69 Å². The van der Waals surface area contributed by atoms with Gasteiger partial charge in [0, 0.05) is 13.7 Å². The van der Waals surface area contributed by atoms with E-state index in [1.807, 2.05) is 25.1 Å². The Kier molecular flexibility index (Phi) is 5.61. The highest BCUT2D eigenvalue weighted by Gasteiger charge is 2.25. The molecule has 0 unspecified atom stereocenters. The minimum absolute atomic E-state index is 0.0832. The number of rotatable bonds is 6. The number of aryl methyl sites for hydroxylation is 1. The van der Waals surface area contributed by atoms with E-state index in [-0.39, 0.29) is 17.4 Å². The zero-order valence-electron chi connectivity index (χ0n) is 15.3. The summed E-state index contributed by atoms with van der Waals surface area (Å²) < 4.78 is 11.5. The second-order valence-corrected chi connectivity index (χ2v) is 6.87. The van der Waals surface area contributed by atoms with Gasteiger partial charge in [0.05, 0.1) is 28.4 Å². The molecule has 0 saturated heterocycles. The van der Waals surface area contributed by atoms with E-state index >= 15 is 0 Å². The smallest absolute Gasteiger partial charge is 0.339 e. The number of nitrogens with two attached hydrogens (primary N) is 1. The highest BCUT2D eigenvalue weighted by molar-refractivity contribution is 6.06. The Labute approximate surface area is 153 Å². The van der Waals surface area contributed by atoms with Crippen molar-refractivity contribution < 1.29 is 19.4 Å². The van der Waals surface area contributed by atoms with Crippen LogP contribution >= 0.6 is 0 Å². The fourth-order valence-corrected chi connectivity index (χ4v) is 3.79. The number of methoxy groups -OCH3 is 1. The molecule has 0 aliphatic heterocycles. The second kappa shape index (κ2) is 7.91. The molecule has 1 aliphatic carbocycles. The van der Waals surface area contributed by atoms with Crippen LogP contribution in [0.15, 0.2) is 18.2 Å². The summed E-state index contributed by atoms with van der Waals surface area (Å²) >= 11 is 0. The fraction of sp³-hybridized carbons (Fsp3) is 0.500. The molecule has 6 heteroatoms. The molecule has 1 saturated carbocycles. The van der Waals surface area contributed by atoms with Gasteiger partial charge in [-0.05, 0) is 50.2 Å². The number of nitrogens with zero attached hydrogens (tertiary/aromatic N) is 1. The van der Waals surface area contributed by atoms with Crippen molar-refractivity contribution in [2.45, 2.75) is 45.1 Å². The van der Waals surface area contributed by atoms with Gasteiger partial charge in [0.25, 0.3) is 0 Å². The quantitative estimate of drug-likeness (QED) is 0.818. The number of carboxylic acids is 1. The van der Waals surface area contributed by atoms with Gasteiger partial charge in [-0.1, -0.05) is 13.0 Å². The molecule has 0 radical (unpaired) electrons. The van der Waals surface area contributed by atoms with Gasteiger partial charge < -0.3 is 20.3 Å². The van der Waals surface area contributed by atoms with Gasteiger partial charge in [-0.3, -0.25) is 4.98 Å². The minimum Gasteiger partial charge on any atom is -0.490 e. The molecule has 1 heterocycles. The van der Waals surface area contributed by atoms with Crippen LogP contribution in [0.25, 0.3) is 10.9 Å². The van der Waals surface area contributed by atoms with Gasteiger partial charge in [0.2, 0.25) is 0 Å². The first-order chi connectivity index (χ1) is 12.5. The molecule has 0 bridgehead atoms. The molecular formula is C20H26N2O4. The summed E-state index contributed by atoms with van der Waals surface area (Å²) in [5, 5.41) is 10.2. The molecule has 1 fully saturated rings. The lowest BCUT2D eigenvalue weighted by Crippen LogP contribution is -2.26. The minimum atomic E-state index is -1.05. The van der Waals surface area contributed by atoms with Gasteiger partial charge in [-0.25, -0.2) is 4.79 Å². The second-order valence-electron chi connectivity index (χ2n) is 6.87. The van der Waals surface area contributed by atoms with Crippen molar-refractivity contribution in [2.75, 3.05) is 19.5 Å². The topological polar surface area (TPSA) is 94.7 Å². The Morgan fingerprint density at radius 2 is 2.04 bits per heavy atom. The van der Waals surface area contributed by atoms with Crippen molar-refractivity contribution in [1.82, 2.24) is 4.98 Å². The van der Waals surface area contributed by atoms with Gasteiger partial charge in [0.1, 0.15) is 11.3 Å². The first-order valence-electron chi connectivity index (χ1n) is 9.15. The number of anilines is 1. The van der Waals surface area contributed by atoms with Crippen molar-refractivity contribution >= 4 is 22.6 Å². The van der Waals surface area contributed by atoms with Crippen molar-refractivity contribution in [3.05, 3.63) is 29.5 Å². The Balaban J connectivity index is 1.92. The third kappa shape index (κ3) is 3.60. The molecule has 0 amide bonds. The van der Waals surface area contributed by atoms with E-state index in [4.69, 9.17) is 15.2 Å². The predicted molar refractivity (Wildman–Crippen MR) is 101 cm³/mol. The van der Waals surface area contributed by atoms with Gasteiger partial charge in [-0.15, -0.1) is 0 Å². The molecule has 3 rings (SSSR count). The van der Waals surface area contributed by atoms with Crippen molar-refractivity contribution in [2.24, 2.45) is 5.92 Å². The summed E-state index contributed by atoms with van der Waals surface area (Å²) in [6.45, 7) is 2.67. The molecule has 0 atom stereocenters. The maximum absolute atomic E-state index is 11.7. The maximum atomic E-state index is 11.7. The van der Waals surface area contributed by atoms with Crippen LogP contribution in [-0.4, -0.2) is 35.9 Å². The molecule has 6 nitrogen and oxygen atoms in total. The monoisotopic (exact) mass is 358 g/mol. The van der Waals surface area contributed by atoms with E-state index < -0.39 is 5.97 Å². The SMILES string of the molecule is CCc1nc2cccc(O[C@H]3CC[C@H](COC)CC3)c2c(N)c1C(=O)O. The number of carboxylic acid groups (broad SMARTS) is 1. The summed E-state index contributed by atoms with van der Waals surface area (Å²) in [5.74, 6) is 0.154. The average molecular weight is 358 g/mol. The van der Waals surface area contributed by atoms with Crippen LogP contribution in [0, 0.1) is 5.92 Å². The molecule has 140 valence electrons. The number of hydrogen-bond donors (Lipinski definition) is 2. The van der Waals surface area contributed by atoms with E-state index in [0.717, 1.165) is 32.3 Å². The van der Waals surface area contributed by atoms with E-state index in [1.54, 1.807) is 7.11 Å². The predicted octanol–water partition coefficient (Wildman–Crippen LogP) is 3.66. The summed E-state index contributed by atoms with van der Waals surface area (Å²) in [7, 11) is 1.74. The average Bonchev–Trinajstić information content (AvgIpc) is 2.63. The number of hydrogen-bond acceptors (Lipinski definition) is 5. The molecule has 3 N–H and O–H groups in total. The standard InChI is InChI=1S/C20H26N2O4/c1-3-14-18(20(23)24)19(21)17-15(22-14)5-4-6-16(17)26-13-9-7-12(8-10-13)11-25-2/h4-6,12-13H,3,7-11H2,1-2H3,(H2,21,22)(H,23,24)/t12-,13-. The summed E-state index contributed by atoms with van der Waals surface area (Å²) in [5.41, 5.74) is 7.74. The lowest BCUT2D eigenvalue weighted by Gasteiger charge is -2.29. The van der Waals surface area contributed by atoms with Crippen LogP contribution in [0.3, 0.4) is 0 Å². The normalized spacial score (nSPS) is 20.2. The lowest BCUT2D eigenvalue weighted by atomic mass is 9.88. The zero-order valence-corrected chi connectivity index (χ0v) is 15.3. The molecule has 0 spiro atoms. The molecule has 1 aromatic heterocycles. The van der Waals surface area contributed by atoms with E-state index in [9.17, 15) is 9.90 Å². The first kappa shape index (κ1) is 18.5. The number of aromatic carboxylic acids is 1. The summed E-state index contributed by atoms with van der Waals surface area (Å²) in [6.07, 6.45) is 4.66. The number of benzene rings is 1. The maximum Gasteiger partial charge on any atom is 0.339 e. The van der Waals surface area contributed by atoms with Crippen LogP contribution in [0.5, 0.6) is 5.75 Å². The van der Waals surface area contributed by atoms with E-state index in [0.29, 0.717) is 34.7 Å². The zero-order chi connectivity index (χ0) is 18.7. The Bertz CT molecular complexity index is 798. The van der Waals surface area contributed by atoms with Gasteiger partial charge in [-0.2, -0.15) is 0 Å². The van der Waals surface area contributed by atoms with Crippen LogP contribution < -0.4 is 10.5 Å². The molecule has 2 aromatic rings. The Morgan fingerprint density at radius 3 is 2.65 bits per heavy atom. The third-order valence-electron chi connectivity index (χ3n) is 5.13. The van der Waals surface area contributed by atoms with Crippen molar-refractivity contribution in [1.29, 1.82) is 0 Å². The van der Waals surface area contributed by atoms with Crippen molar-refractivity contribution in [3.63, 3.8) is 0 Å². The largest absolute Gasteiger partial charge is 0.490 e. The van der Waals surface area contributed by atoms with Crippen LogP contribution in [-0.2, 0) is 11.2 Å². The number of pyridine rings is 1. The molecule has 26 heavy (non-hydrogen) atoms. The number of nitrogen functional groups attached to an aromatic ring is 1. The lowest BCUT2D eigenvalue weighted by molar-refractivity contribution is 0.0696. The highest BCUT2D eigenvalue weighted by Crippen LogP contribution is 2.36. The molecule has 1 aromatic carbocycles. The number of aromatic nitrogens is 1. The Hall–Kier alpha value is -2.34. The third-order valence-corrected chi connectivity index (χ3v) is 5.13. The van der Waals surface area contributed by atoms with E-state index in [1.165, 1.54) is 0 Å². The molecule has 1 aliphatic rings.